The molecule has 0 fully saturated rings. The van der Waals surface area contributed by atoms with Crippen molar-refractivity contribution in [3.8, 4) is 0 Å². The maximum atomic E-state index is 6.00. The first-order valence-electron chi connectivity index (χ1n) is 5.74. The Morgan fingerprint density at radius 1 is 0.867 bits per heavy atom. The molecule has 0 N–H and O–H groups in total. The minimum absolute atomic E-state index is 0.0587. The molecule has 0 aliphatic carbocycles. The van der Waals surface area contributed by atoms with Crippen LogP contribution in [0.3, 0.4) is 0 Å². The van der Waals surface area contributed by atoms with E-state index in [2.05, 4.69) is 54.6 Å². The van der Waals surface area contributed by atoms with Crippen LogP contribution in [-0.2, 0) is 9.16 Å². The van der Waals surface area contributed by atoms with Gasteiger partial charge in [-0.05, 0) is 38.9 Å². The smallest absolute Gasteiger partial charge is 0.192 e. The van der Waals surface area contributed by atoms with Crippen LogP contribution in [0.4, 0.5) is 0 Å². The van der Waals surface area contributed by atoms with E-state index in [0.29, 0.717) is 13.2 Å². The minimum atomic E-state index is -1.58. The van der Waals surface area contributed by atoms with Gasteiger partial charge in [-0.25, -0.2) is 0 Å². The molecule has 0 radical (unpaired) electrons. The molecule has 0 heterocycles. The Morgan fingerprint density at radius 2 is 1.33 bits per heavy atom. The highest BCUT2D eigenvalue weighted by Gasteiger charge is 2.36. The number of rotatable bonds is 4. The summed E-state index contributed by atoms with van der Waals surface area (Å²) in [6.45, 7) is 18.9. The van der Waals surface area contributed by atoms with E-state index in [1.807, 2.05) is 0 Å². The molecular formula is C12H28O2Si. The van der Waals surface area contributed by atoms with Crippen LogP contribution in [0.2, 0.25) is 18.1 Å². The fourth-order valence-corrected chi connectivity index (χ4v) is 1.89. The highest BCUT2D eigenvalue weighted by Crippen LogP contribution is 2.36. The van der Waals surface area contributed by atoms with Crippen molar-refractivity contribution in [2.24, 2.45) is 0 Å². The van der Waals surface area contributed by atoms with Crippen molar-refractivity contribution < 1.29 is 9.16 Å². The Labute approximate surface area is 96.5 Å². The van der Waals surface area contributed by atoms with Crippen molar-refractivity contribution in [1.29, 1.82) is 0 Å². The first-order chi connectivity index (χ1) is 6.46. The molecule has 0 spiro atoms. The molecule has 0 aliphatic rings. The maximum absolute atomic E-state index is 6.00. The minimum Gasteiger partial charge on any atom is -0.414 e. The fraction of sp³-hybridized carbons (Fsp3) is 1.00. The largest absolute Gasteiger partial charge is 0.414 e. The van der Waals surface area contributed by atoms with Gasteiger partial charge in [-0.3, -0.25) is 0 Å². The first-order valence-corrected chi connectivity index (χ1v) is 8.64. The van der Waals surface area contributed by atoms with Gasteiger partial charge in [-0.15, -0.1) is 0 Å². The lowest BCUT2D eigenvalue weighted by atomic mass is 10.2. The van der Waals surface area contributed by atoms with Crippen molar-refractivity contribution in [2.45, 2.75) is 65.3 Å². The molecule has 15 heavy (non-hydrogen) atoms. The second-order valence-electron chi connectivity index (χ2n) is 6.57. The summed E-state index contributed by atoms with van der Waals surface area (Å²) in [6.07, 6.45) is 0. The molecule has 0 atom stereocenters. The van der Waals surface area contributed by atoms with E-state index in [0.717, 1.165) is 0 Å². The summed E-state index contributed by atoms with van der Waals surface area (Å²) >= 11 is 0. The summed E-state index contributed by atoms with van der Waals surface area (Å²) in [5.74, 6) is 0. The predicted octanol–water partition coefficient (Wildman–Crippen LogP) is 3.82. The lowest BCUT2D eigenvalue weighted by Crippen LogP contribution is -2.41. The Kier molecular flexibility index (Phi) is 5.02. The van der Waals surface area contributed by atoms with Gasteiger partial charge in [0.05, 0.1) is 18.8 Å². The summed E-state index contributed by atoms with van der Waals surface area (Å²) in [4.78, 5) is 0. The average Bonchev–Trinajstić information content (AvgIpc) is 1.94. The zero-order valence-corrected chi connectivity index (χ0v) is 12.7. The third kappa shape index (κ3) is 6.33. The van der Waals surface area contributed by atoms with Crippen LogP contribution >= 0.6 is 0 Å². The zero-order chi connectivity index (χ0) is 12.3. The second-order valence-corrected chi connectivity index (χ2v) is 11.4. The summed E-state index contributed by atoms with van der Waals surface area (Å²) < 4.78 is 11.6. The molecule has 0 bridgehead atoms. The lowest BCUT2D eigenvalue weighted by molar-refractivity contribution is -0.0180. The highest BCUT2D eigenvalue weighted by atomic mass is 28.4. The van der Waals surface area contributed by atoms with E-state index in [1.54, 1.807) is 0 Å². The van der Waals surface area contributed by atoms with Crippen LogP contribution < -0.4 is 0 Å². The van der Waals surface area contributed by atoms with E-state index < -0.39 is 8.32 Å². The van der Waals surface area contributed by atoms with Crippen molar-refractivity contribution in [1.82, 2.24) is 0 Å². The van der Waals surface area contributed by atoms with Gasteiger partial charge >= 0.3 is 0 Å². The third-order valence-corrected chi connectivity index (χ3v) is 7.43. The quantitative estimate of drug-likeness (QED) is 0.542. The van der Waals surface area contributed by atoms with E-state index in [-0.39, 0.29) is 10.6 Å². The van der Waals surface area contributed by atoms with Gasteiger partial charge in [-0.1, -0.05) is 20.8 Å². The molecule has 0 saturated carbocycles. The van der Waals surface area contributed by atoms with E-state index >= 15 is 0 Å². The van der Waals surface area contributed by atoms with Gasteiger partial charge in [-0.2, -0.15) is 0 Å². The topological polar surface area (TPSA) is 18.5 Å². The molecule has 0 rings (SSSR count). The van der Waals surface area contributed by atoms with Crippen LogP contribution in [0.25, 0.3) is 0 Å². The summed E-state index contributed by atoms with van der Waals surface area (Å²) in [5.41, 5.74) is -0.0587. The number of hydrogen-bond donors (Lipinski definition) is 0. The monoisotopic (exact) mass is 232 g/mol. The molecule has 0 aromatic carbocycles. The van der Waals surface area contributed by atoms with Crippen molar-refractivity contribution in [3.05, 3.63) is 0 Å². The van der Waals surface area contributed by atoms with Gasteiger partial charge < -0.3 is 9.16 Å². The Bertz CT molecular complexity index is 187. The van der Waals surface area contributed by atoms with Crippen molar-refractivity contribution in [2.75, 3.05) is 13.2 Å². The van der Waals surface area contributed by atoms with E-state index in [1.165, 1.54) is 0 Å². The van der Waals surface area contributed by atoms with E-state index in [9.17, 15) is 0 Å². The Balaban J connectivity index is 3.87. The van der Waals surface area contributed by atoms with E-state index in [4.69, 9.17) is 9.16 Å². The molecule has 0 amide bonds. The molecular weight excluding hydrogens is 204 g/mol. The van der Waals surface area contributed by atoms with Crippen molar-refractivity contribution >= 4 is 8.32 Å². The summed E-state index contributed by atoms with van der Waals surface area (Å²) in [7, 11) is -1.58. The molecule has 0 saturated heterocycles. The first kappa shape index (κ1) is 15.1. The van der Waals surface area contributed by atoms with Crippen LogP contribution in [0.1, 0.15) is 41.5 Å². The standard InChI is InChI=1S/C12H28O2Si/c1-11(2,3)13-9-10-14-15(7,8)12(4,5)6/h9-10H2,1-8H3. The lowest BCUT2D eigenvalue weighted by Gasteiger charge is -2.36. The Morgan fingerprint density at radius 3 is 1.67 bits per heavy atom. The van der Waals surface area contributed by atoms with Crippen LogP contribution in [0, 0.1) is 0 Å². The molecule has 3 heteroatoms. The van der Waals surface area contributed by atoms with Gasteiger partial charge in [0.1, 0.15) is 0 Å². The van der Waals surface area contributed by atoms with Gasteiger partial charge in [0.15, 0.2) is 8.32 Å². The third-order valence-electron chi connectivity index (χ3n) is 2.89. The highest BCUT2D eigenvalue weighted by molar-refractivity contribution is 6.74. The molecule has 0 aliphatic heterocycles. The summed E-state index contributed by atoms with van der Waals surface area (Å²) in [6, 6.07) is 0. The zero-order valence-electron chi connectivity index (χ0n) is 11.7. The average molecular weight is 232 g/mol. The van der Waals surface area contributed by atoms with Crippen LogP contribution in [0.15, 0.2) is 0 Å². The second kappa shape index (κ2) is 4.98. The predicted molar refractivity (Wildman–Crippen MR) is 68.9 cm³/mol. The van der Waals surface area contributed by atoms with Crippen LogP contribution in [0.5, 0.6) is 0 Å². The maximum Gasteiger partial charge on any atom is 0.192 e. The van der Waals surface area contributed by atoms with Gasteiger partial charge in [0.25, 0.3) is 0 Å². The number of ether oxygens (including phenoxy) is 1. The summed E-state index contributed by atoms with van der Waals surface area (Å²) in [5, 5.41) is 0.286. The van der Waals surface area contributed by atoms with Gasteiger partial charge in [0, 0.05) is 0 Å². The molecule has 0 aromatic heterocycles. The number of hydrogen-bond acceptors (Lipinski definition) is 2. The molecule has 92 valence electrons. The normalized spacial score (nSPS) is 14.4. The van der Waals surface area contributed by atoms with Crippen LogP contribution in [-0.4, -0.2) is 27.1 Å². The van der Waals surface area contributed by atoms with Gasteiger partial charge in [0.2, 0.25) is 0 Å². The Hall–Kier alpha value is 0.137. The SMILES string of the molecule is CC(C)(C)OCCO[Si](C)(C)C(C)(C)C. The molecule has 2 nitrogen and oxygen atoms in total. The molecule has 0 unspecified atom stereocenters. The molecule has 0 aromatic rings. The fourth-order valence-electron chi connectivity index (χ4n) is 0.861. The van der Waals surface area contributed by atoms with Crippen molar-refractivity contribution in [3.63, 3.8) is 0 Å².